The molecule has 0 spiro atoms. The van der Waals surface area contributed by atoms with Crippen molar-refractivity contribution in [3.63, 3.8) is 0 Å². The maximum Gasteiger partial charge on any atom is 0.241 e. The lowest BCUT2D eigenvalue weighted by atomic mass is 9.98. The van der Waals surface area contributed by atoms with Crippen molar-refractivity contribution in [2.75, 3.05) is 24.2 Å². The van der Waals surface area contributed by atoms with E-state index >= 15 is 0 Å². The minimum Gasteiger partial charge on any atom is -0.388 e. The van der Waals surface area contributed by atoms with E-state index in [9.17, 15) is 5.11 Å². The molecule has 0 saturated carbocycles. The Kier molecular flexibility index (Phi) is 4.69. The second kappa shape index (κ2) is 6.49. The van der Waals surface area contributed by atoms with E-state index in [-0.39, 0.29) is 0 Å². The first-order valence-corrected chi connectivity index (χ1v) is 6.98. The Morgan fingerprint density at radius 1 is 1.19 bits per heavy atom. The van der Waals surface area contributed by atoms with Crippen molar-refractivity contribution >= 4 is 11.9 Å². The molecule has 114 valence electrons. The van der Waals surface area contributed by atoms with Gasteiger partial charge in [0, 0.05) is 26.0 Å². The Hall–Kier alpha value is -2.22. The van der Waals surface area contributed by atoms with Gasteiger partial charge in [0.1, 0.15) is 6.33 Å². The van der Waals surface area contributed by atoms with E-state index in [2.05, 4.69) is 30.6 Å². The molecule has 0 bridgehead atoms. The van der Waals surface area contributed by atoms with Gasteiger partial charge in [-0.05, 0) is 12.8 Å². The van der Waals surface area contributed by atoms with E-state index in [4.69, 9.17) is 0 Å². The highest BCUT2D eigenvalue weighted by molar-refractivity contribution is 5.37. The quantitative estimate of drug-likeness (QED) is 0.701. The lowest BCUT2D eigenvalue weighted by Crippen LogP contribution is -2.36. The molecule has 0 saturated heterocycles. The topological polar surface area (TPSA) is 101 Å². The molecule has 0 radical (unpaired) electrons. The number of nitrogens with zero attached hydrogens (tertiary/aromatic N) is 5. The zero-order valence-corrected chi connectivity index (χ0v) is 12.5. The van der Waals surface area contributed by atoms with Gasteiger partial charge in [-0.25, -0.2) is 4.98 Å². The first-order chi connectivity index (χ1) is 10.1. The summed E-state index contributed by atoms with van der Waals surface area (Å²) >= 11 is 0. The molecule has 2 heterocycles. The molecule has 3 N–H and O–H groups in total. The lowest BCUT2D eigenvalue weighted by molar-refractivity contribution is 0.0455. The fourth-order valence-electron chi connectivity index (χ4n) is 1.79. The highest BCUT2D eigenvalue weighted by atomic mass is 16.3. The van der Waals surface area contributed by atoms with Crippen molar-refractivity contribution in [2.45, 2.75) is 32.3 Å². The first-order valence-electron chi connectivity index (χ1n) is 6.98. The maximum absolute atomic E-state index is 10.3. The van der Waals surface area contributed by atoms with Gasteiger partial charge in [0.25, 0.3) is 0 Å². The summed E-state index contributed by atoms with van der Waals surface area (Å²) in [5.41, 5.74) is -0.762. The van der Waals surface area contributed by atoms with Crippen LogP contribution < -0.4 is 10.6 Å². The van der Waals surface area contributed by atoms with Crippen LogP contribution in [-0.2, 0) is 0 Å². The van der Waals surface area contributed by atoms with E-state index in [1.165, 1.54) is 0 Å². The summed E-state index contributed by atoms with van der Waals surface area (Å²) in [6.45, 7) is 4.29. The van der Waals surface area contributed by atoms with Crippen molar-refractivity contribution in [1.29, 1.82) is 0 Å². The zero-order valence-electron chi connectivity index (χ0n) is 12.5. The second-order valence-electron chi connectivity index (χ2n) is 4.79. The molecule has 8 nitrogen and oxygen atoms in total. The Morgan fingerprint density at radius 3 is 2.48 bits per heavy atom. The number of nitrogens with one attached hydrogen (secondary N) is 2. The van der Waals surface area contributed by atoms with Gasteiger partial charge in [0.2, 0.25) is 17.8 Å². The Balaban J connectivity index is 2.21. The van der Waals surface area contributed by atoms with Crippen LogP contribution in [0.25, 0.3) is 5.95 Å². The monoisotopic (exact) mass is 291 g/mol. The fourth-order valence-corrected chi connectivity index (χ4v) is 1.79. The van der Waals surface area contributed by atoms with Crippen LogP contribution in [0.3, 0.4) is 0 Å². The number of hydrogen-bond acceptors (Lipinski definition) is 7. The van der Waals surface area contributed by atoms with Crippen molar-refractivity contribution in [3.8, 4) is 5.95 Å². The van der Waals surface area contributed by atoms with E-state index in [1.807, 2.05) is 13.8 Å². The SMILES string of the molecule is CCC(O)(CC)CNc1nc(NC)nc(-n2ccnc2)n1. The molecule has 0 fully saturated rings. The molecule has 2 rings (SSSR count). The summed E-state index contributed by atoms with van der Waals surface area (Å²) < 4.78 is 1.69. The van der Waals surface area contributed by atoms with Gasteiger partial charge in [-0.3, -0.25) is 4.57 Å². The molecule has 0 aliphatic carbocycles. The van der Waals surface area contributed by atoms with Crippen LogP contribution in [0.15, 0.2) is 18.7 Å². The van der Waals surface area contributed by atoms with Crippen LogP contribution in [0.4, 0.5) is 11.9 Å². The number of hydrogen-bond donors (Lipinski definition) is 3. The van der Waals surface area contributed by atoms with Crippen LogP contribution in [-0.4, -0.2) is 48.8 Å². The zero-order chi connectivity index (χ0) is 15.3. The summed E-state index contributed by atoms with van der Waals surface area (Å²) in [7, 11) is 1.74. The summed E-state index contributed by atoms with van der Waals surface area (Å²) in [4.78, 5) is 16.8. The summed E-state index contributed by atoms with van der Waals surface area (Å²) in [6.07, 6.45) is 6.35. The van der Waals surface area contributed by atoms with Gasteiger partial charge in [0.05, 0.1) is 5.60 Å². The van der Waals surface area contributed by atoms with Gasteiger partial charge in [-0.2, -0.15) is 15.0 Å². The van der Waals surface area contributed by atoms with Crippen molar-refractivity contribution in [1.82, 2.24) is 24.5 Å². The Bertz CT molecular complexity index is 566. The molecule has 0 amide bonds. The van der Waals surface area contributed by atoms with Gasteiger partial charge < -0.3 is 15.7 Å². The summed E-state index contributed by atoms with van der Waals surface area (Å²) in [6, 6.07) is 0. The third-order valence-corrected chi connectivity index (χ3v) is 3.47. The molecule has 8 heteroatoms. The highest BCUT2D eigenvalue weighted by Crippen LogP contribution is 2.16. The molecule has 2 aromatic rings. The first kappa shape index (κ1) is 15.2. The number of aliphatic hydroxyl groups is 1. The smallest absolute Gasteiger partial charge is 0.241 e. The fraction of sp³-hybridized carbons (Fsp3) is 0.538. The van der Waals surface area contributed by atoms with E-state index in [0.29, 0.717) is 37.2 Å². The molecule has 21 heavy (non-hydrogen) atoms. The third kappa shape index (κ3) is 3.66. The number of imidazole rings is 1. The van der Waals surface area contributed by atoms with E-state index < -0.39 is 5.60 Å². The predicted octanol–water partition coefficient (Wildman–Crippen LogP) is 1.06. The van der Waals surface area contributed by atoms with Crippen LogP contribution >= 0.6 is 0 Å². The van der Waals surface area contributed by atoms with Crippen LogP contribution in [0, 0.1) is 0 Å². The van der Waals surface area contributed by atoms with Crippen LogP contribution in [0.1, 0.15) is 26.7 Å². The second-order valence-corrected chi connectivity index (χ2v) is 4.79. The van der Waals surface area contributed by atoms with E-state index in [1.54, 1.807) is 30.3 Å². The molecule has 0 atom stereocenters. The Labute approximate surface area is 123 Å². The lowest BCUT2D eigenvalue weighted by Gasteiger charge is -2.25. The third-order valence-electron chi connectivity index (χ3n) is 3.47. The molecule has 2 aromatic heterocycles. The molecule has 0 aliphatic heterocycles. The normalized spacial score (nSPS) is 11.4. The van der Waals surface area contributed by atoms with Gasteiger partial charge in [-0.1, -0.05) is 13.8 Å². The standard InChI is InChI=1S/C13H21N7O/c1-4-13(21,5-2)8-16-11-17-10(14-3)18-12(19-11)20-7-6-15-9-20/h6-7,9,21H,4-5,8H2,1-3H3,(H2,14,16,17,18,19). The van der Waals surface area contributed by atoms with Crippen molar-refractivity contribution < 1.29 is 5.11 Å². The van der Waals surface area contributed by atoms with Crippen molar-refractivity contribution in [3.05, 3.63) is 18.7 Å². The summed E-state index contributed by atoms with van der Waals surface area (Å²) in [5.74, 6) is 1.33. The maximum atomic E-state index is 10.3. The number of rotatable bonds is 7. The average molecular weight is 291 g/mol. The average Bonchev–Trinajstić information content (AvgIpc) is 3.06. The summed E-state index contributed by atoms with van der Waals surface area (Å²) in [5, 5.41) is 16.3. The number of anilines is 2. The van der Waals surface area contributed by atoms with E-state index in [0.717, 1.165) is 0 Å². The molecular weight excluding hydrogens is 270 g/mol. The Morgan fingerprint density at radius 2 is 1.90 bits per heavy atom. The van der Waals surface area contributed by atoms with Gasteiger partial charge in [0.15, 0.2) is 0 Å². The number of aromatic nitrogens is 5. The molecule has 0 aliphatic rings. The van der Waals surface area contributed by atoms with Gasteiger partial charge in [-0.15, -0.1) is 0 Å². The van der Waals surface area contributed by atoms with Crippen LogP contribution in [0.2, 0.25) is 0 Å². The minimum absolute atomic E-state index is 0.385. The van der Waals surface area contributed by atoms with Gasteiger partial charge >= 0.3 is 0 Å². The molecule has 0 aromatic carbocycles. The van der Waals surface area contributed by atoms with Crippen LogP contribution in [0.5, 0.6) is 0 Å². The van der Waals surface area contributed by atoms with Crippen molar-refractivity contribution in [2.24, 2.45) is 0 Å². The molecule has 0 unspecified atom stereocenters. The largest absolute Gasteiger partial charge is 0.388 e. The molecular formula is C13H21N7O. The minimum atomic E-state index is -0.762. The predicted molar refractivity (Wildman–Crippen MR) is 80.5 cm³/mol. The highest BCUT2D eigenvalue weighted by Gasteiger charge is 2.22.